The summed E-state index contributed by atoms with van der Waals surface area (Å²) < 4.78 is 5.89. The Balaban J connectivity index is 1.68. The van der Waals surface area contributed by atoms with E-state index in [4.69, 9.17) is 10.5 Å². The standard InChI is InChI=1S/C16H32N2O/c1-13-4-5-15(12-14(13)2)18-9-6-16(7-10-18)19-11-3-8-17/h13-16H,3-12,17H2,1-2H3. The molecule has 1 aliphatic carbocycles. The third-order valence-corrected chi connectivity index (χ3v) is 5.27. The van der Waals surface area contributed by atoms with E-state index in [-0.39, 0.29) is 0 Å². The summed E-state index contributed by atoms with van der Waals surface area (Å²) in [5, 5.41) is 0. The SMILES string of the molecule is CC1CCC(N2CCC(OCCCN)CC2)CC1C. The van der Waals surface area contributed by atoms with Crippen LogP contribution >= 0.6 is 0 Å². The number of rotatable bonds is 5. The van der Waals surface area contributed by atoms with Crippen molar-refractivity contribution in [1.29, 1.82) is 0 Å². The molecule has 112 valence electrons. The van der Waals surface area contributed by atoms with Crippen molar-refractivity contribution in [2.75, 3.05) is 26.2 Å². The molecule has 1 aliphatic heterocycles. The molecule has 0 aromatic heterocycles. The molecule has 0 amide bonds. The lowest BCUT2D eigenvalue weighted by Crippen LogP contribution is -2.46. The molecule has 0 spiro atoms. The first kappa shape index (κ1) is 15.3. The lowest BCUT2D eigenvalue weighted by atomic mass is 9.78. The molecular weight excluding hydrogens is 236 g/mol. The smallest absolute Gasteiger partial charge is 0.0599 e. The summed E-state index contributed by atoms with van der Waals surface area (Å²) in [5.74, 6) is 1.82. The van der Waals surface area contributed by atoms with Gasteiger partial charge in [-0.3, -0.25) is 0 Å². The van der Waals surface area contributed by atoms with Gasteiger partial charge in [0.1, 0.15) is 0 Å². The van der Waals surface area contributed by atoms with E-state index in [0.717, 1.165) is 37.5 Å². The van der Waals surface area contributed by atoms with Gasteiger partial charge >= 0.3 is 0 Å². The van der Waals surface area contributed by atoms with E-state index in [1.165, 1.54) is 45.2 Å². The van der Waals surface area contributed by atoms with E-state index in [1.807, 2.05) is 0 Å². The van der Waals surface area contributed by atoms with Crippen LogP contribution < -0.4 is 5.73 Å². The number of ether oxygens (including phenoxy) is 1. The summed E-state index contributed by atoms with van der Waals surface area (Å²) in [7, 11) is 0. The minimum atomic E-state index is 0.489. The molecule has 1 saturated heterocycles. The maximum absolute atomic E-state index is 5.89. The van der Waals surface area contributed by atoms with Gasteiger partial charge in [0.2, 0.25) is 0 Å². The Hall–Kier alpha value is -0.120. The number of nitrogens with two attached hydrogens (primary N) is 1. The van der Waals surface area contributed by atoms with Gasteiger partial charge in [0.05, 0.1) is 6.10 Å². The summed E-state index contributed by atoms with van der Waals surface area (Å²) in [6.45, 7) is 8.91. The monoisotopic (exact) mass is 268 g/mol. The van der Waals surface area contributed by atoms with Crippen LogP contribution in [0.3, 0.4) is 0 Å². The summed E-state index contributed by atoms with van der Waals surface area (Å²) in [5.41, 5.74) is 5.50. The van der Waals surface area contributed by atoms with Crippen LogP contribution in [0.5, 0.6) is 0 Å². The molecular formula is C16H32N2O. The molecule has 19 heavy (non-hydrogen) atoms. The Morgan fingerprint density at radius 2 is 1.79 bits per heavy atom. The van der Waals surface area contributed by atoms with E-state index in [1.54, 1.807) is 0 Å². The second-order valence-corrected chi connectivity index (χ2v) is 6.67. The largest absolute Gasteiger partial charge is 0.378 e. The van der Waals surface area contributed by atoms with Crippen LogP contribution in [0.25, 0.3) is 0 Å². The maximum Gasteiger partial charge on any atom is 0.0599 e. The van der Waals surface area contributed by atoms with Crippen LogP contribution in [-0.4, -0.2) is 43.3 Å². The maximum atomic E-state index is 5.89. The molecule has 1 heterocycles. The fraction of sp³-hybridized carbons (Fsp3) is 1.00. The average Bonchev–Trinajstić information content (AvgIpc) is 2.43. The summed E-state index contributed by atoms with van der Waals surface area (Å²) in [4.78, 5) is 2.73. The summed E-state index contributed by atoms with van der Waals surface area (Å²) in [6, 6.07) is 0.844. The van der Waals surface area contributed by atoms with E-state index in [2.05, 4.69) is 18.7 Å². The van der Waals surface area contributed by atoms with Gasteiger partial charge in [0.15, 0.2) is 0 Å². The quantitative estimate of drug-likeness (QED) is 0.779. The van der Waals surface area contributed by atoms with E-state index in [9.17, 15) is 0 Å². The van der Waals surface area contributed by atoms with Crippen LogP contribution in [-0.2, 0) is 4.74 Å². The normalized spacial score (nSPS) is 34.6. The highest BCUT2D eigenvalue weighted by atomic mass is 16.5. The lowest BCUT2D eigenvalue weighted by Gasteiger charge is -2.42. The Bertz CT molecular complexity index is 251. The van der Waals surface area contributed by atoms with Gasteiger partial charge in [-0.1, -0.05) is 13.8 Å². The fourth-order valence-corrected chi connectivity index (χ4v) is 3.59. The number of hydrogen-bond donors (Lipinski definition) is 1. The molecule has 0 aromatic rings. The van der Waals surface area contributed by atoms with Gasteiger partial charge in [-0.05, 0) is 56.9 Å². The minimum Gasteiger partial charge on any atom is -0.378 e. The predicted molar refractivity (Wildman–Crippen MR) is 80.2 cm³/mol. The van der Waals surface area contributed by atoms with Crippen LogP contribution in [0.15, 0.2) is 0 Å². The first-order chi connectivity index (χ1) is 9.20. The Labute approximate surface area is 118 Å². The highest BCUT2D eigenvalue weighted by molar-refractivity contribution is 4.85. The first-order valence-electron chi connectivity index (χ1n) is 8.26. The molecule has 0 aromatic carbocycles. The Morgan fingerprint density at radius 3 is 2.42 bits per heavy atom. The van der Waals surface area contributed by atoms with Crippen LogP contribution in [0.4, 0.5) is 0 Å². The van der Waals surface area contributed by atoms with Crippen molar-refractivity contribution in [3.8, 4) is 0 Å². The highest BCUT2D eigenvalue weighted by Crippen LogP contribution is 2.33. The number of nitrogens with zero attached hydrogens (tertiary/aromatic N) is 1. The Kier molecular flexibility index (Phi) is 6.11. The second kappa shape index (κ2) is 7.61. The van der Waals surface area contributed by atoms with Crippen molar-refractivity contribution < 1.29 is 4.74 Å². The van der Waals surface area contributed by atoms with Crippen LogP contribution in [0.2, 0.25) is 0 Å². The van der Waals surface area contributed by atoms with Crippen LogP contribution in [0.1, 0.15) is 52.4 Å². The molecule has 0 bridgehead atoms. The van der Waals surface area contributed by atoms with Crippen molar-refractivity contribution in [3.05, 3.63) is 0 Å². The molecule has 3 unspecified atom stereocenters. The highest BCUT2D eigenvalue weighted by Gasteiger charge is 2.30. The zero-order valence-corrected chi connectivity index (χ0v) is 12.8. The van der Waals surface area contributed by atoms with Gasteiger partial charge in [0, 0.05) is 25.7 Å². The molecule has 1 saturated carbocycles. The second-order valence-electron chi connectivity index (χ2n) is 6.67. The molecule has 2 rings (SSSR count). The zero-order valence-electron chi connectivity index (χ0n) is 12.8. The van der Waals surface area contributed by atoms with Crippen molar-refractivity contribution in [2.45, 2.75) is 64.5 Å². The first-order valence-corrected chi connectivity index (χ1v) is 8.26. The van der Waals surface area contributed by atoms with E-state index >= 15 is 0 Å². The minimum absolute atomic E-state index is 0.489. The third kappa shape index (κ3) is 4.44. The van der Waals surface area contributed by atoms with Crippen molar-refractivity contribution >= 4 is 0 Å². The van der Waals surface area contributed by atoms with Crippen molar-refractivity contribution in [2.24, 2.45) is 17.6 Å². The molecule has 3 nitrogen and oxygen atoms in total. The third-order valence-electron chi connectivity index (χ3n) is 5.27. The molecule has 0 radical (unpaired) electrons. The van der Waals surface area contributed by atoms with Gasteiger partial charge in [-0.25, -0.2) is 0 Å². The average molecular weight is 268 g/mol. The molecule has 2 fully saturated rings. The Morgan fingerprint density at radius 1 is 1.05 bits per heavy atom. The van der Waals surface area contributed by atoms with Gasteiger partial charge in [-0.2, -0.15) is 0 Å². The number of hydrogen-bond acceptors (Lipinski definition) is 3. The number of piperidine rings is 1. The van der Waals surface area contributed by atoms with Crippen LogP contribution in [0, 0.1) is 11.8 Å². The predicted octanol–water partition coefficient (Wildman–Crippen LogP) is 2.64. The topological polar surface area (TPSA) is 38.5 Å². The molecule has 3 atom stereocenters. The van der Waals surface area contributed by atoms with Gasteiger partial charge in [0.25, 0.3) is 0 Å². The van der Waals surface area contributed by atoms with Crippen molar-refractivity contribution in [1.82, 2.24) is 4.90 Å². The van der Waals surface area contributed by atoms with E-state index in [0.29, 0.717) is 6.10 Å². The summed E-state index contributed by atoms with van der Waals surface area (Å²) >= 11 is 0. The molecule has 2 N–H and O–H groups in total. The van der Waals surface area contributed by atoms with Gasteiger partial charge < -0.3 is 15.4 Å². The van der Waals surface area contributed by atoms with Crippen molar-refractivity contribution in [3.63, 3.8) is 0 Å². The molecule has 2 aliphatic rings. The number of likely N-dealkylation sites (tertiary alicyclic amines) is 1. The summed E-state index contributed by atoms with van der Waals surface area (Å²) in [6.07, 6.45) is 8.14. The zero-order chi connectivity index (χ0) is 13.7. The fourth-order valence-electron chi connectivity index (χ4n) is 3.59. The van der Waals surface area contributed by atoms with E-state index < -0.39 is 0 Å². The lowest BCUT2D eigenvalue weighted by molar-refractivity contribution is -0.0111. The molecule has 3 heteroatoms. The van der Waals surface area contributed by atoms with Gasteiger partial charge in [-0.15, -0.1) is 0 Å².